The predicted octanol–water partition coefficient (Wildman–Crippen LogP) is 2.24. The van der Waals surface area contributed by atoms with E-state index in [1.807, 2.05) is 18.2 Å². The molecule has 0 aliphatic rings. The summed E-state index contributed by atoms with van der Waals surface area (Å²) in [5.41, 5.74) is 8.11. The second-order valence-electron chi connectivity index (χ2n) is 3.94. The summed E-state index contributed by atoms with van der Waals surface area (Å²) in [6.45, 7) is 3.64. The molecule has 0 heterocycles. The van der Waals surface area contributed by atoms with Crippen LogP contribution in [-0.4, -0.2) is 12.9 Å². The van der Waals surface area contributed by atoms with Gasteiger partial charge in [-0.3, -0.25) is 4.79 Å². The normalized spacial score (nSPS) is 12.2. The number of Topliss-reactive ketones (excluding diaryl/α,β-unsaturated/α-hetero) is 1. The molecule has 3 heteroatoms. The fourth-order valence-electron chi connectivity index (χ4n) is 1.71. The van der Waals surface area contributed by atoms with Gasteiger partial charge in [0.05, 0.1) is 7.11 Å². The van der Waals surface area contributed by atoms with E-state index < -0.39 is 0 Å². The quantitative estimate of drug-likeness (QED) is 0.829. The zero-order chi connectivity index (χ0) is 12.1. The summed E-state index contributed by atoms with van der Waals surface area (Å²) in [6.07, 6.45) is 1.30. The molecule has 0 radical (unpaired) electrons. The second kappa shape index (κ2) is 5.66. The largest absolute Gasteiger partial charge is 0.496 e. The topological polar surface area (TPSA) is 52.3 Å². The summed E-state index contributed by atoms with van der Waals surface area (Å²) in [6, 6.07) is 5.67. The lowest BCUT2D eigenvalue weighted by atomic mass is 9.98. The molecule has 2 N–H and O–H groups in total. The number of carbonyl (C=O) groups is 1. The number of hydrogen-bond acceptors (Lipinski definition) is 3. The molecule has 1 unspecified atom stereocenters. The number of aryl methyl sites for hydroxylation is 1. The van der Waals surface area contributed by atoms with Crippen LogP contribution >= 0.6 is 0 Å². The Balaban J connectivity index is 3.02. The van der Waals surface area contributed by atoms with Crippen molar-refractivity contribution in [3.05, 3.63) is 29.3 Å². The third-order valence-corrected chi connectivity index (χ3v) is 2.61. The van der Waals surface area contributed by atoms with Gasteiger partial charge in [0.25, 0.3) is 0 Å². The Morgan fingerprint density at radius 2 is 2.19 bits per heavy atom. The lowest BCUT2D eigenvalue weighted by Gasteiger charge is -2.15. The molecule has 0 amide bonds. The number of carbonyl (C=O) groups excluding carboxylic acids is 1. The van der Waals surface area contributed by atoms with Gasteiger partial charge in [0.1, 0.15) is 11.5 Å². The monoisotopic (exact) mass is 221 g/mol. The summed E-state index contributed by atoms with van der Waals surface area (Å²) < 4.78 is 5.26. The van der Waals surface area contributed by atoms with Crippen molar-refractivity contribution in [1.29, 1.82) is 0 Å². The van der Waals surface area contributed by atoms with Gasteiger partial charge in [0.2, 0.25) is 0 Å². The zero-order valence-electron chi connectivity index (χ0n) is 10.1. The van der Waals surface area contributed by atoms with Crippen molar-refractivity contribution in [2.75, 3.05) is 7.11 Å². The van der Waals surface area contributed by atoms with Crippen LogP contribution in [0.1, 0.15) is 37.4 Å². The summed E-state index contributed by atoms with van der Waals surface area (Å²) in [7, 11) is 1.62. The van der Waals surface area contributed by atoms with Crippen molar-refractivity contribution >= 4 is 5.78 Å². The number of methoxy groups -OCH3 is 1. The van der Waals surface area contributed by atoms with Crippen LogP contribution in [-0.2, 0) is 11.2 Å². The fourth-order valence-corrected chi connectivity index (χ4v) is 1.71. The molecule has 1 atom stereocenters. The maximum Gasteiger partial charge on any atom is 0.131 e. The summed E-state index contributed by atoms with van der Waals surface area (Å²) >= 11 is 0. The van der Waals surface area contributed by atoms with E-state index in [1.165, 1.54) is 5.56 Å². The SMILES string of the molecule is CCc1ccc(OC)c(C(N)CC(C)=O)c1. The molecule has 0 fully saturated rings. The van der Waals surface area contributed by atoms with Crippen molar-refractivity contribution in [1.82, 2.24) is 0 Å². The van der Waals surface area contributed by atoms with E-state index in [2.05, 4.69) is 6.92 Å². The Kier molecular flexibility index (Phi) is 4.50. The number of ether oxygens (including phenoxy) is 1. The number of rotatable bonds is 5. The molecule has 0 bridgehead atoms. The molecule has 0 aliphatic carbocycles. The van der Waals surface area contributed by atoms with Gasteiger partial charge in [0, 0.05) is 18.0 Å². The highest BCUT2D eigenvalue weighted by molar-refractivity contribution is 5.76. The molecule has 1 aromatic rings. The van der Waals surface area contributed by atoms with Gasteiger partial charge >= 0.3 is 0 Å². The lowest BCUT2D eigenvalue weighted by Crippen LogP contribution is -2.15. The Labute approximate surface area is 96.6 Å². The van der Waals surface area contributed by atoms with E-state index >= 15 is 0 Å². The maximum absolute atomic E-state index is 11.1. The van der Waals surface area contributed by atoms with E-state index in [1.54, 1.807) is 14.0 Å². The summed E-state index contributed by atoms with van der Waals surface area (Å²) in [4.78, 5) is 11.1. The maximum atomic E-state index is 11.1. The molecule has 3 nitrogen and oxygen atoms in total. The van der Waals surface area contributed by atoms with Crippen LogP contribution in [0.15, 0.2) is 18.2 Å². The second-order valence-corrected chi connectivity index (χ2v) is 3.94. The number of ketones is 1. The third-order valence-electron chi connectivity index (χ3n) is 2.61. The molecular weight excluding hydrogens is 202 g/mol. The van der Waals surface area contributed by atoms with Crippen molar-refractivity contribution in [2.24, 2.45) is 5.73 Å². The lowest BCUT2D eigenvalue weighted by molar-refractivity contribution is -0.117. The molecular formula is C13H19NO2. The van der Waals surface area contributed by atoms with Crippen LogP contribution in [0, 0.1) is 0 Å². The minimum Gasteiger partial charge on any atom is -0.496 e. The highest BCUT2D eigenvalue weighted by atomic mass is 16.5. The molecule has 16 heavy (non-hydrogen) atoms. The van der Waals surface area contributed by atoms with Crippen molar-refractivity contribution < 1.29 is 9.53 Å². The van der Waals surface area contributed by atoms with Crippen molar-refractivity contribution in [3.63, 3.8) is 0 Å². The standard InChI is InChI=1S/C13H19NO2/c1-4-10-5-6-13(16-3)11(8-10)12(14)7-9(2)15/h5-6,8,12H,4,7,14H2,1-3H3. The van der Waals surface area contributed by atoms with Gasteiger partial charge in [-0.15, -0.1) is 0 Å². The van der Waals surface area contributed by atoms with Crippen LogP contribution in [0.25, 0.3) is 0 Å². The average Bonchev–Trinajstić information content (AvgIpc) is 2.27. The van der Waals surface area contributed by atoms with Gasteiger partial charge in [-0.25, -0.2) is 0 Å². The van der Waals surface area contributed by atoms with Crippen LogP contribution in [0.4, 0.5) is 0 Å². The molecule has 0 saturated heterocycles. The molecule has 0 saturated carbocycles. The minimum absolute atomic E-state index is 0.0939. The van der Waals surface area contributed by atoms with Gasteiger partial charge < -0.3 is 10.5 Å². The highest BCUT2D eigenvalue weighted by Gasteiger charge is 2.14. The Hall–Kier alpha value is -1.35. The average molecular weight is 221 g/mol. The number of benzene rings is 1. The molecule has 0 aromatic heterocycles. The first-order chi connectivity index (χ1) is 7.58. The molecule has 0 spiro atoms. The summed E-state index contributed by atoms with van der Waals surface area (Å²) in [5, 5.41) is 0. The Morgan fingerprint density at radius 1 is 1.50 bits per heavy atom. The van der Waals surface area contributed by atoms with Gasteiger partial charge in [-0.05, 0) is 25.0 Å². The molecule has 88 valence electrons. The molecule has 0 aliphatic heterocycles. The van der Waals surface area contributed by atoms with E-state index in [0.29, 0.717) is 6.42 Å². The first kappa shape index (κ1) is 12.7. The van der Waals surface area contributed by atoms with Gasteiger partial charge in [0.15, 0.2) is 0 Å². The van der Waals surface area contributed by atoms with Crippen LogP contribution in [0.3, 0.4) is 0 Å². The number of hydrogen-bond donors (Lipinski definition) is 1. The van der Waals surface area contributed by atoms with E-state index in [9.17, 15) is 4.79 Å². The Morgan fingerprint density at radius 3 is 2.69 bits per heavy atom. The zero-order valence-corrected chi connectivity index (χ0v) is 10.1. The van der Waals surface area contributed by atoms with E-state index in [-0.39, 0.29) is 11.8 Å². The Bertz CT molecular complexity index is 374. The van der Waals surface area contributed by atoms with E-state index in [4.69, 9.17) is 10.5 Å². The number of nitrogens with two attached hydrogens (primary N) is 1. The van der Waals surface area contributed by atoms with Crippen LogP contribution < -0.4 is 10.5 Å². The smallest absolute Gasteiger partial charge is 0.131 e. The van der Waals surface area contributed by atoms with Crippen molar-refractivity contribution in [3.8, 4) is 5.75 Å². The first-order valence-corrected chi connectivity index (χ1v) is 5.50. The van der Waals surface area contributed by atoms with Crippen LogP contribution in [0.2, 0.25) is 0 Å². The van der Waals surface area contributed by atoms with Crippen molar-refractivity contribution in [2.45, 2.75) is 32.7 Å². The summed E-state index contributed by atoms with van der Waals surface area (Å²) in [5.74, 6) is 0.849. The van der Waals surface area contributed by atoms with E-state index in [0.717, 1.165) is 17.7 Å². The van der Waals surface area contributed by atoms with Gasteiger partial charge in [-0.1, -0.05) is 19.1 Å². The van der Waals surface area contributed by atoms with Crippen LogP contribution in [0.5, 0.6) is 5.75 Å². The highest BCUT2D eigenvalue weighted by Crippen LogP contribution is 2.27. The molecule has 1 rings (SSSR count). The third kappa shape index (κ3) is 3.07. The van der Waals surface area contributed by atoms with Gasteiger partial charge in [-0.2, -0.15) is 0 Å². The first-order valence-electron chi connectivity index (χ1n) is 5.50. The predicted molar refractivity (Wildman–Crippen MR) is 64.6 cm³/mol. The fraction of sp³-hybridized carbons (Fsp3) is 0.462. The molecule has 1 aromatic carbocycles. The minimum atomic E-state index is -0.279.